The lowest BCUT2D eigenvalue weighted by Crippen LogP contribution is -2.35. The van der Waals surface area contributed by atoms with Crippen molar-refractivity contribution in [3.05, 3.63) is 34.3 Å². The summed E-state index contributed by atoms with van der Waals surface area (Å²) in [5.74, 6) is 1.67. The van der Waals surface area contributed by atoms with E-state index in [1.807, 2.05) is 12.1 Å². The highest BCUT2D eigenvalue weighted by Crippen LogP contribution is 2.29. The average molecular weight is 310 g/mol. The molecule has 0 aliphatic heterocycles. The molecule has 3 unspecified atom stereocenters. The second-order valence-corrected chi connectivity index (χ2v) is 6.54. The molecule has 0 saturated heterocycles. The van der Waals surface area contributed by atoms with E-state index in [-0.39, 0.29) is 5.84 Å². The van der Waals surface area contributed by atoms with Crippen molar-refractivity contribution >= 4 is 17.4 Å². The van der Waals surface area contributed by atoms with Crippen LogP contribution in [-0.2, 0) is 6.54 Å². The van der Waals surface area contributed by atoms with Crippen LogP contribution < -0.4 is 11.1 Å². The van der Waals surface area contributed by atoms with Crippen LogP contribution in [0.4, 0.5) is 0 Å². The van der Waals surface area contributed by atoms with Crippen LogP contribution in [0.3, 0.4) is 0 Å². The minimum absolute atomic E-state index is 0.0755. The Kier molecular flexibility index (Phi) is 5.48. The summed E-state index contributed by atoms with van der Waals surface area (Å²) in [6, 6.07) is 6.05. The summed E-state index contributed by atoms with van der Waals surface area (Å²) < 4.78 is 0. The van der Waals surface area contributed by atoms with Crippen molar-refractivity contribution in [2.45, 2.75) is 45.7 Å². The highest BCUT2D eigenvalue weighted by atomic mass is 35.5. The number of nitrogens with zero attached hydrogens (tertiary/aromatic N) is 1. The number of benzene rings is 1. The van der Waals surface area contributed by atoms with Crippen molar-refractivity contribution in [1.29, 1.82) is 0 Å². The van der Waals surface area contributed by atoms with Gasteiger partial charge in [-0.2, -0.15) is 0 Å². The molecule has 116 valence electrons. The second-order valence-electron chi connectivity index (χ2n) is 6.14. The maximum absolute atomic E-state index is 8.68. The normalized spacial score (nSPS) is 26.8. The number of halogens is 1. The number of hydrogen-bond donors (Lipinski definition) is 3. The van der Waals surface area contributed by atoms with E-state index >= 15 is 0 Å². The van der Waals surface area contributed by atoms with Crippen LogP contribution in [0.15, 0.2) is 23.4 Å². The standard InChI is InChI=1S/C16H24ClN3O/c1-10-3-6-14(7-11(10)2)19-9-13-5-4-12(8-15(13)17)16(18)20-21/h4-5,8,10-11,14,19,21H,3,6-7,9H2,1-2H3,(H2,18,20). The molecule has 0 bridgehead atoms. The molecule has 5 heteroatoms. The first-order valence-electron chi connectivity index (χ1n) is 7.51. The molecular weight excluding hydrogens is 286 g/mol. The Bertz CT molecular complexity index is 518. The molecule has 4 N–H and O–H groups in total. The fourth-order valence-electron chi connectivity index (χ4n) is 2.89. The van der Waals surface area contributed by atoms with Crippen molar-refractivity contribution in [1.82, 2.24) is 5.32 Å². The molecule has 0 spiro atoms. The van der Waals surface area contributed by atoms with E-state index in [2.05, 4.69) is 24.3 Å². The maximum Gasteiger partial charge on any atom is 0.170 e. The van der Waals surface area contributed by atoms with E-state index in [1.165, 1.54) is 19.3 Å². The van der Waals surface area contributed by atoms with Gasteiger partial charge in [-0.25, -0.2) is 0 Å². The Labute approximate surface area is 131 Å². The van der Waals surface area contributed by atoms with Crippen LogP contribution in [0.25, 0.3) is 0 Å². The predicted molar refractivity (Wildman–Crippen MR) is 86.8 cm³/mol. The topological polar surface area (TPSA) is 70.6 Å². The lowest BCUT2D eigenvalue weighted by molar-refractivity contribution is 0.225. The van der Waals surface area contributed by atoms with E-state index in [1.54, 1.807) is 6.07 Å². The molecule has 1 saturated carbocycles. The molecule has 3 atom stereocenters. The molecule has 0 heterocycles. The number of hydrogen-bond acceptors (Lipinski definition) is 3. The van der Waals surface area contributed by atoms with Gasteiger partial charge in [0.15, 0.2) is 5.84 Å². The van der Waals surface area contributed by atoms with Gasteiger partial charge in [-0.05, 0) is 42.7 Å². The first-order valence-corrected chi connectivity index (χ1v) is 7.88. The van der Waals surface area contributed by atoms with Gasteiger partial charge in [-0.3, -0.25) is 0 Å². The van der Waals surface area contributed by atoms with Crippen LogP contribution >= 0.6 is 11.6 Å². The Hall–Kier alpha value is -1.26. The molecule has 1 aliphatic carbocycles. The fourth-order valence-corrected chi connectivity index (χ4v) is 3.14. The lowest BCUT2D eigenvalue weighted by Gasteiger charge is -2.32. The van der Waals surface area contributed by atoms with Crippen molar-refractivity contribution in [3.8, 4) is 0 Å². The van der Waals surface area contributed by atoms with Gasteiger partial charge < -0.3 is 16.3 Å². The number of amidine groups is 1. The van der Waals surface area contributed by atoms with Crippen LogP contribution in [0.1, 0.15) is 44.2 Å². The van der Waals surface area contributed by atoms with Crippen molar-refractivity contribution < 1.29 is 5.21 Å². The molecule has 4 nitrogen and oxygen atoms in total. The van der Waals surface area contributed by atoms with Gasteiger partial charge in [0.2, 0.25) is 0 Å². The number of oxime groups is 1. The van der Waals surface area contributed by atoms with Crippen LogP contribution in [0, 0.1) is 11.8 Å². The number of nitrogens with one attached hydrogen (secondary N) is 1. The monoisotopic (exact) mass is 309 g/mol. The zero-order valence-corrected chi connectivity index (χ0v) is 13.4. The maximum atomic E-state index is 8.68. The highest BCUT2D eigenvalue weighted by molar-refractivity contribution is 6.31. The smallest absolute Gasteiger partial charge is 0.170 e. The third kappa shape index (κ3) is 4.11. The third-order valence-electron chi connectivity index (χ3n) is 4.64. The van der Waals surface area contributed by atoms with E-state index in [0.29, 0.717) is 16.6 Å². The van der Waals surface area contributed by atoms with Crippen LogP contribution in [-0.4, -0.2) is 17.1 Å². The average Bonchev–Trinajstić information content (AvgIpc) is 2.48. The van der Waals surface area contributed by atoms with Gasteiger partial charge in [0, 0.05) is 23.2 Å². The molecular formula is C16H24ClN3O. The summed E-state index contributed by atoms with van der Waals surface area (Å²) in [6.45, 7) is 5.42. The highest BCUT2D eigenvalue weighted by Gasteiger charge is 2.24. The Balaban J connectivity index is 1.95. The molecule has 1 aromatic carbocycles. The summed E-state index contributed by atoms with van der Waals surface area (Å²) in [5.41, 5.74) is 7.23. The lowest BCUT2D eigenvalue weighted by atomic mass is 9.79. The fraction of sp³-hybridized carbons (Fsp3) is 0.562. The van der Waals surface area contributed by atoms with Crippen molar-refractivity contribution in [3.63, 3.8) is 0 Å². The molecule has 1 aliphatic rings. The van der Waals surface area contributed by atoms with Gasteiger partial charge in [0.1, 0.15) is 0 Å². The van der Waals surface area contributed by atoms with Gasteiger partial charge in [-0.1, -0.05) is 42.7 Å². The van der Waals surface area contributed by atoms with E-state index in [4.69, 9.17) is 22.5 Å². The molecule has 2 rings (SSSR count). The first kappa shape index (κ1) is 16.1. The van der Waals surface area contributed by atoms with E-state index in [0.717, 1.165) is 23.9 Å². The quantitative estimate of drug-likeness (QED) is 0.346. The number of rotatable bonds is 4. The molecule has 0 radical (unpaired) electrons. The van der Waals surface area contributed by atoms with E-state index < -0.39 is 0 Å². The third-order valence-corrected chi connectivity index (χ3v) is 4.99. The Morgan fingerprint density at radius 2 is 2.14 bits per heavy atom. The zero-order valence-electron chi connectivity index (χ0n) is 12.6. The second kappa shape index (κ2) is 7.14. The summed E-state index contributed by atoms with van der Waals surface area (Å²) in [4.78, 5) is 0. The summed E-state index contributed by atoms with van der Waals surface area (Å²) in [6.07, 6.45) is 3.74. The van der Waals surface area contributed by atoms with Crippen molar-refractivity contribution in [2.24, 2.45) is 22.7 Å². The van der Waals surface area contributed by atoms with Gasteiger partial charge in [0.05, 0.1) is 0 Å². The minimum atomic E-state index is 0.0755. The molecule has 0 amide bonds. The predicted octanol–water partition coefficient (Wildman–Crippen LogP) is 3.35. The van der Waals surface area contributed by atoms with Crippen molar-refractivity contribution in [2.75, 3.05) is 0 Å². The zero-order chi connectivity index (χ0) is 15.4. The summed E-state index contributed by atoms with van der Waals surface area (Å²) in [7, 11) is 0. The molecule has 21 heavy (non-hydrogen) atoms. The first-order chi connectivity index (χ1) is 10.0. The summed E-state index contributed by atoms with van der Waals surface area (Å²) >= 11 is 6.27. The minimum Gasteiger partial charge on any atom is -0.409 e. The van der Waals surface area contributed by atoms with Gasteiger partial charge in [0.25, 0.3) is 0 Å². The molecule has 1 aromatic rings. The van der Waals surface area contributed by atoms with Gasteiger partial charge in [-0.15, -0.1) is 0 Å². The van der Waals surface area contributed by atoms with Gasteiger partial charge >= 0.3 is 0 Å². The van der Waals surface area contributed by atoms with E-state index in [9.17, 15) is 0 Å². The Morgan fingerprint density at radius 1 is 1.38 bits per heavy atom. The SMILES string of the molecule is CC1CCC(NCc2ccc(/C(N)=N/O)cc2Cl)CC1C. The Morgan fingerprint density at radius 3 is 2.76 bits per heavy atom. The molecule has 0 aromatic heterocycles. The largest absolute Gasteiger partial charge is 0.409 e. The van der Waals surface area contributed by atoms with Crippen LogP contribution in [0.5, 0.6) is 0 Å². The molecule has 1 fully saturated rings. The van der Waals surface area contributed by atoms with Crippen LogP contribution in [0.2, 0.25) is 5.02 Å². The number of nitrogens with two attached hydrogens (primary N) is 1. The summed E-state index contributed by atoms with van der Waals surface area (Å²) in [5, 5.41) is 15.9.